The highest BCUT2D eigenvalue weighted by molar-refractivity contribution is 9.10. The monoisotopic (exact) mass is 382 g/mol. The van der Waals surface area contributed by atoms with Crippen LogP contribution in [0.2, 0.25) is 5.02 Å². The molecule has 0 aliphatic heterocycles. The number of amides is 2. The van der Waals surface area contributed by atoms with Crippen molar-refractivity contribution in [3.8, 4) is 5.75 Å². The summed E-state index contributed by atoms with van der Waals surface area (Å²) in [5.74, 6) is -0.612. The van der Waals surface area contributed by atoms with Crippen molar-refractivity contribution in [2.24, 2.45) is 0 Å². The summed E-state index contributed by atoms with van der Waals surface area (Å²) in [6.07, 6.45) is 0. The number of carbonyl (C=O) groups is 2. The second-order valence-corrected chi connectivity index (χ2v) is 5.52. The van der Waals surface area contributed by atoms with Gasteiger partial charge in [-0.1, -0.05) is 23.7 Å². The molecular formula is C15H12BrClN2O3. The Labute approximate surface area is 140 Å². The van der Waals surface area contributed by atoms with E-state index in [9.17, 15) is 9.59 Å². The number of nitrogens with one attached hydrogen (secondary N) is 2. The molecule has 0 spiro atoms. The van der Waals surface area contributed by atoms with Crippen LogP contribution in [0, 0.1) is 0 Å². The lowest BCUT2D eigenvalue weighted by Gasteiger charge is -2.11. The Bertz CT molecular complexity index is 722. The van der Waals surface area contributed by atoms with E-state index in [4.69, 9.17) is 16.3 Å². The van der Waals surface area contributed by atoms with Crippen LogP contribution in [0.5, 0.6) is 5.75 Å². The van der Waals surface area contributed by atoms with Crippen LogP contribution in [0.1, 0.15) is 20.7 Å². The molecule has 2 amide bonds. The molecule has 0 unspecified atom stereocenters. The van der Waals surface area contributed by atoms with Crippen LogP contribution in [-0.2, 0) is 0 Å². The van der Waals surface area contributed by atoms with E-state index >= 15 is 0 Å². The highest BCUT2D eigenvalue weighted by Gasteiger charge is 2.15. The molecule has 0 bridgehead atoms. The van der Waals surface area contributed by atoms with E-state index in [1.807, 2.05) is 0 Å². The molecule has 7 heteroatoms. The average Bonchev–Trinajstić information content (AvgIpc) is 2.52. The molecule has 0 atom stereocenters. The third-order valence-electron chi connectivity index (χ3n) is 2.81. The van der Waals surface area contributed by atoms with Gasteiger partial charge in [0.15, 0.2) is 0 Å². The van der Waals surface area contributed by atoms with Gasteiger partial charge in [0.25, 0.3) is 11.8 Å². The van der Waals surface area contributed by atoms with Gasteiger partial charge in [-0.2, -0.15) is 0 Å². The molecule has 0 radical (unpaired) electrons. The second-order valence-electron chi connectivity index (χ2n) is 4.23. The topological polar surface area (TPSA) is 67.4 Å². The second kappa shape index (κ2) is 7.29. The van der Waals surface area contributed by atoms with Gasteiger partial charge in [-0.25, -0.2) is 0 Å². The Hall–Kier alpha value is -2.05. The van der Waals surface area contributed by atoms with Gasteiger partial charge in [0, 0.05) is 9.50 Å². The van der Waals surface area contributed by atoms with Crippen molar-refractivity contribution in [3.63, 3.8) is 0 Å². The largest absolute Gasteiger partial charge is 0.496 e. The number of halogens is 2. The van der Waals surface area contributed by atoms with E-state index in [0.717, 1.165) is 0 Å². The Morgan fingerprint density at radius 1 is 1.05 bits per heavy atom. The molecule has 0 aromatic heterocycles. The molecule has 0 fully saturated rings. The number of ether oxygens (including phenoxy) is 1. The zero-order chi connectivity index (χ0) is 16.1. The van der Waals surface area contributed by atoms with Gasteiger partial charge < -0.3 is 4.74 Å². The van der Waals surface area contributed by atoms with Gasteiger partial charge in [-0.15, -0.1) is 0 Å². The standard InChI is InChI=1S/C15H12BrClN2O3/c1-22-13-7-6-9(17)8-11(13)15(21)19-18-14(20)10-4-2-3-5-12(10)16/h2-8H,1H3,(H,18,20)(H,19,21). The quantitative estimate of drug-likeness (QED) is 0.800. The lowest BCUT2D eigenvalue weighted by atomic mass is 10.2. The highest BCUT2D eigenvalue weighted by Crippen LogP contribution is 2.22. The molecule has 0 aliphatic rings. The Kier molecular flexibility index (Phi) is 5.41. The van der Waals surface area contributed by atoms with Crippen LogP contribution in [0.3, 0.4) is 0 Å². The SMILES string of the molecule is COc1ccc(Cl)cc1C(=O)NNC(=O)c1ccccc1Br. The summed E-state index contributed by atoms with van der Waals surface area (Å²) in [5, 5.41) is 0.392. The summed E-state index contributed by atoms with van der Waals surface area (Å²) in [5.41, 5.74) is 5.30. The Balaban J connectivity index is 2.09. The molecule has 0 saturated heterocycles. The fraction of sp³-hybridized carbons (Fsp3) is 0.0667. The molecule has 22 heavy (non-hydrogen) atoms. The zero-order valence-corrected chi connectivity index (χ0v) is 13.9. The third kappa shape index (κ3) is 3.78. The summed E-state index contributed by atoms with van der Waals surface area (Å²) < 4.78 is 5.72. The van der Waals surface area contributed by atoms with Crippen LogP contribution in [0.4, 0.5) is 0 Å². The fourth-order valence-electron chi connectivity index (χ4n) is 1.75. The van der Waals surface area contributed by atoms with Crippen LogP contribution in [0.25, 0.3) is 0 Å². The van der Waals surface area contributed by atoms with E-state index in [-0.39, 0.29) is 5.56 Å². The first-order valence-corrected chi connectivity index (χ1v) is 7.38. The van der Waals surface area contributed by atoms with Crippen molar-refractivity contribution in [2.45, 2.75) is 0 Å². The highest BCUT2D eigenvalue weighted by atomic mass is 79.9. The van der Waals surface area contributed by atoms with Crippen LogP contribution < -0.4 is 15.6 Å². The first-order valence-electron chi connectivity index (χ1n) is 6.21. The van der Waals surface area contributed by atoms with Crippen molar-refractivity contribution in [2.75, 3.05) is 7.11 Å². The minimum absolute atomic E-state index is 0.224. The van der Waals surface area contributed by atoms with Gasteiger partial charge in [-0.05, 0) is 46.3 Å². The number of hydrogen-bond donors (Lipinski definition) is 2. The lowest BCUT2D eigenvalue weighted by molar-refractivity contribution is 0.0844. The number of hydrogen-bond acceptors (Lipinski definition) is 3. The number of methoxy groups -OCH3 is 1. The van der Waals surface area contributed by atoms with Crippen LogP contribution in [0.15, 0.2) is 46.9 Å². The van der Waals surface area contributed by atoms with E-state index < -0.39 is 11.8 Å². The number of rotatable bonds is 3. The summed E-state index contributed by atoms with van der Waals surface area (Å²) in [6.45, 7) is 0. The maximum Gasteiger partial charge on any atom is 0.273 e. The molecule has 2 N–H and O–H groups in total. The minimum Gasteiger partial charge on any atom is -0.496 e. The summed E-state index contributed by atoms with van der Waals surface area (Å²) in [6, 6.07) is 11.5. The van der Waals surface area contributed by atoms with Crippen LogP contribution in [-0.4, -0.2) is 18.9 Å². The van der Waals surface area contributed by atoms with Gasteiger partial charge in [-0.3, -0.25) is 20.4 Å². The molecular weight excluding hydrogens is 372 g/mol. The lowest BCUT2D eigenvalue weighted by Crippen LogP contribution is -2.41. The third-order valence-corrected chi connectivity index (χ3v) is 3.74. The number of benzene rings is 2. The average molecular weight is 384 g/mol. The molecule has 0 heterocycles. The Morgan fingerprint density at radius 2 is 1.68 bits per heavy atom. The predicted molar refractivity (Wildman–Crippen MR) is 87.1 cm³/mol. The van der Waals surface area contributed by atoms with Crippen molar-refractivity contribution < 1.29 is 14.3 Å². The van der Waals surface area contributed by atoms with E-state index in [0.29, 0.717) is 20.8 Å². The summed E-state index contributed by atoms with van der Waals surface area (Å²) in [7, 11) is 1.44. The van der Waals surface area contributed by atoms with Crippen molar-refractivity contribution in [1.29, 1.82) is 0 Å². The Morgan fingerprint density at radius 3 is 2.32 bits per heavy atom. The van der Waals surface area contributed by atoms with Crippen molar-refractivity contribution >= 4 is 39.3 Å². The summed E-state index contributed by atoms with van der Waals surface area (Å²) in [4.78, 5) is 24.1. The summed E-state index contributed by atoms with van der Waals surface area (Å²) >= 11 is 9.14. The van der Waals surface area contributed by atoms with Crippen molar-refractivity contribution in [3.05, 3.63) is 63.1 Å². The number of carbonyl (C=O) groups excluding carboxylic acids is 2. The van der Waals surface area contributed by atoms with Gasteiger partial charge in [0.1, 0.15) is 5.75 Å². The molecule has 5 nitrogen and oxygen atoms in total. The molecule has 2 aromatic rings. The van der Waals surface area contributed by atoms with Gasteiger partial charge in [0.2, 0.25) is 0 Å². The predicted octanol–water partition coefficient (Wildman–Crippen LogP) is 3.19. The molecule has 0 aliphatic carbocycles. The first-order chi connectivity index (χ1) is 10.5. The molecule has 2 rings (SSSR count). The fourth-order valence-corrected chi connectivity index (χ4v) is 2.39. The van der Waals surface area contributed by atoms with Crippen molar-refractivity contribution in [1.82, 2.24) is 10.9 Å². The van der Waals surface area contributed by atoms with E-state index in [1.54, 1.807) is 36.4 Å². The zero-order valence-electron chi connectivity index (χ0n) is 11.5. The maximum absolute atomic E-state index is 12.1. The van der Waals surface area contributed by atoms with Gasteiger partial charge >= 0.3 is 0 Å². The number of hydrazine groups is 1. The smallest absolute Gasteiger partial charge is 0.273 e. The molecule has 0 saturated carbocycles. The minimum atomic E-state index is -0.528. The van der Waals surface area contributed by atoms with Crippen LogP contribution >= 0.6 is 27.5 Å². The van der Waals surface area contributed by atoms with Gasteiger partial charge in [0.05, 0.1) is 18.2 Å². The first kappa shape index (κ1) is 16.3. The maximum atomic E-state index is 12.1. The van der Waals surface area contributed by atoms with E-state index in [1.165, 1.54) is 13.2 Å². The normalized spacial score (nSPS) is 9.95. The van der Waals surface area contributed by atoms with E-state index in [2.05, 4.69) is 26.8 Å². The molecule has 114 valence electrons. The molecule has 2 aromatic carbocycles.